The fourth-order valence-corrected chi connectivity index (χ4v) is 2.37. The Kier molecular flexibility index (Phi) is 4.44. The Hall–Kier alpha value is -1.72. The third-order valence-corrected chi connectivity index (χ3v) is 3.89. The van der Waals surface area contributed by atoms with Gasteiger partial charge in [-0.05, 0) is 44.4 Å². The second kappa shape index (κ2) is 5.95. The van der Waals surface area contributed by atoms with E-state index >= 15 is 0 Å². The van der Waals surface area contributed by atoms with Crippen LogP contribution in [0.25, 0.3) is 0 Å². The first-order valence-electron chi connectivity index (χ1n) is 7.07. The summed E-state index contributed by atoms with van der Waals surface area (Å²) in [5, 5.41) is 2.95. The summed E-state index contributed by atoms with van der Waals surface area (Å²) in [6, 6.07) is 3.41. The number of halogens is 3. The molecule has 0 unspecified atom stereocenters. The summed E-state index contributed by atoms with van der Waals surface area (Å²) in [7, 11) is 1.65. The van der Waals surface area contributed by atoms with Gasteiger partial charge in [0.05, 0.1) is 11.1 Å². The first-order chi connectivity index (χ1) is 9.84. The predicted molar refractivity (Wildman–Crippen MR) is 75.3 cm³/mol. The van der Waals surface area contributed by atoms with E-state index in [0.717, 1.165) is 31.4 Å². The summed E-state index contributed by atoms with van der Waals surface area (Å²) < 4.78 is 38.5. The molecule has 1 saturated carbocycles. The number of hydrogen-bond acceptors (Lipinski definition) is 2. The monoisotopic (exact) mass is 300 g/mol. The van der Waals surface area contributed by atoms with Gasteiger partial charge in [0.1, 0.15) is 0 Å². The maximum Gasteiger partial charge on any atom is 0.416 e. The number of alkyl halides is 3. The van der Waals surface area contributed by atoms with Crippen molar-refractivity contribution < 1.29 is 18.0 Å². The van der Waals surface area contributed by atoms with E-state index in [9.17, 15) is 18.0 Å². The Morgan fingerprint density at radius 3 is 2.52 bits per heavy atom. The van der Waals surface area contributed by atoms with Crippen LogP contribution in [0.3, 0.4) is 0 Å². The minimum Gasteiger partial charge on any atom is -0.385 e. The summed E-state index contributed by atoms with van der Waals surface area (Å²) >= 11 is 0. The molecule has 1 N–H and O–H groups in total. The number of anilines is 1. The standard InChI is InChI=1S/C15H19F3N2O/c1-3-19-13-8-7-10(15(16,17)18)9-12(13)14(21)20(2)11-5-4-6-11/h7-9,11,19H,3-6H2,1-2H3. The van der Waals surface area contributed by atoms with Gasteiger partial charge in [0.25, 0.3) is 5.91 Å². The molecule has 0 aromatic heterocycles. The molecule has 3 nitrogen and oxygen atoms in total. The SMILES string of the molecule is CCNc1ccc(C(F)(F)F)cc1C(=O)N(C)C1CCC1. The third-order valence-electron chi connectivity index (χ3n) is 3.89. The van der Waals surface area contributed by atoms with Crippen molar-refractivity contribution in [2.24, 2.45) is 0 Å². The average Bonchev–Trinajstić information content (AvgIpc) is 2.35. The molecule has 1 amide bonds. The first kappa shape index (κ1) is 15.7. The number of carbonyl (C=O) groups is 1. The number of nitrogens with zero attached hydrogens (tertiary/aromatic N) is 1. The highest BCUT2D eigenvalue weighted by molar-refractivity contribution is 6.00. The highest BCUT2D eigenvalue weighted by Crippen LogP contribution is 2.33. The van der Waals surface area contributed by atoms with E-state index in [4.69, 9.17) is 0 Å². The molecule has 0 bridgehead atoms. The average molecular weight is 300 g/mol. The van der Waals surface area contributed by atoms with Crippen molar-refractivity contribution in [1.29, 1.82) is 0 Å². The molecule has 0 spiro atoms. The molecular weight excluding hydrogens is 281 g/mol. The zero-order valence-corrected chi connectivity index (χ0v) is 12.1. The molecule has 0 radical (unpaired) electrons. The van der Waals surface area contributed by atoms with Crippen molar-refractivity contribution in [3.05, 3.63) is 29.3 Å². The van der Waals surface area contributed by atoms with Crippen molar-refractivity contribution in [2.45, 2.75) is 38.4 Å². The van der Waals surface area contributed by atoms with Gasteiger partial charge in [-0.2, -0.15) is 13.2 Å². The van der Waals surface area contributed by atoms with E-state index in [2.05, 4.69) is 5.32 Å². The minimum absolute atomic E-state index is 0.0843. The number of nitrogens with one attached hydrogen (secondary N) is 1. The number of benzene rings is 1. The van der Waals surface area contributed by atoms with Crippen LogP contribution in [-0.4, -0.2) is 30.4 Å². The minimum atomic E-state index is -4.45. The normalized spacial score (nSPS) is 15.5. The molecule has 116 valence electrons. The van der Waals surface area contributed by atoms with Gasteiger partial charge in [0.15, 0.2) is 0 Å². The van der Waals surface area contributed by atoms with Gasteiger partial charge in [-0.15, -0.1) is 0 Å². The number of amides is 1. The Labute approximate surface area is 122 Å². The maximum absolute atomic E-state index is 12.8. The van der Waals surface area contributed by atoms with Crippen molar-refractivity contribution in [1.82, 2.24) is 4.90 Å². The largest absolute Gasteiger partial charge is 0.416 e. The second-order valence-electron chi connectivity index (χ2n) is 5.29. The van der Waals surface area contributed by atoms with Crippen molar-refractivity contribution in [2.75, 3.05) is 18.9 Å². The molecule has 1 aliphatic rings. The Bertz CT molecular complexity index is 524. The van der Waals surface area contributed by atoms with Gasteiger partial charge in [-0.1, -0.05) is 0 Å². The topological polar surface area (TPSA) is 32.3 Å². The first-order valence-corrected chi connectivity index (χ1v) is 7.07. The van der Waals surface area contributed by atoms with E-state index < -0.39 is 11.7 Å². The van der Waals surface area contributed by atoms with Crippen LogP contribution < -0.4 is 5.32 Å². The molecule has 1 fully saturated rings. The predicted octanol–water partition coefficient (Wildman–Crippen LogP) is 3.76. The lowest BCUT2D eigenvalue weighted by Gasteiger charge is -2.35. The summed E-state index contributed by atoms with van der Waals surface area (Å²) in [6.45, 7) is 2.38. The molecule has 2 rings (SSSR count). The van der Waals surface area contributed by atoms with Crippen LogP contribution >= 0.6 is 0 Å². The lowest BCUT2D eigenvalue weighted by atomic mass is 9.91. The van der Waals surface area contributed by atoms with Crippen LogP contribution in [0.1, 0.15) is 42.1 Å². The fourth-order valence-electron chi connectivity index (χ4n) is 2.37. The Morgan fingerprint density at radius 1 is 1.38 bits per heavy atom. The van der Waals surface area contributed by atoms with E-state index in [0.29, 0.717) is 12.2 Å². The molecule has 1 aromatic carbocycles. The lowest BCUT2D eigenvalue weighted by molar-refractivity contribution is -0.137. The quantitative estimate of drug-likeness (QED) is 0.918. The molecule has 6 heteroatoms. The fraction of sp³-hybridized carbons (Fsp3) is 0.533. The van der Waals surface area contributed by atoms with E-state index in [1.54, 1.807) is 11.9 Å². The molecule has 21 heavy (non-hydrogen) atoms. The van der Waals surface area contributed by atoms with Crippen LogP contribution in [0.15, 0.2) is 18.2 Å². The summed E-state index contributed by atoms with van der Waals surface area (Å²) in [5.74, 6) is -0.359. The number of rotatable bonds is 4. The highest BCUT2D eigenvalue weighted by Gasteiger charge is 2.33. The van der Waals surface area contributed by atoms with Crippen LogP contribution in [0.4, 0.5) is 18.9 Å². The Morgan fingerprint density at radius 2 is 2.05 bits per heavy atom. The summed E-state index contributed by atoms with van der Waals surface area (Å²) in [5.41, 5.74) is -0.266. The van der Waals surface area contributed by atoms with Gasteiger partial charge in [-0.25, -0.2) is 0 Å². The van der Waals surface area contributed by atoms with Gasteiger partial charge in [0, 0.05) is 25.3 Å². The Balaban J connectivity index is 2.35. The number of carbonyl (C=O) groups excluding carboxylic acids is 1. The van der Waals surface area contributed by atoms with Gasteiger partial charge in [-0.3, -0.25) is 4.79 Å². The van der Waals surface area contributed by atoms with Gasteiger partial charge in [0.2, 0.25) is 0 Å². The maximum atomic E-state index is 12.8. The molecular formula is C15H19F3N2O. The van der Waals surface area contributed by atoms with Crippen LogP contribution in [-0.2, 0) is 6.18 Å². The van der Waals surface area contributed by atoms with E-state index in [1.807, 2.05) is 6.92 Å². The summed E-state index contributed by atoms with van der Waals surface area (Å²) in [4.78, 5) is 14.0. The van der Waals surface area contributed by atoms with Gasteiger partial charge < -0.3 is 10.2 Å². The molecule has 0 saturated heterocycles. The zero-order chi connectivity index (χ0) is 15.6. The van der Waals surface area contributed by atoms with Crippen LogP contribution in [0.2, 0.25) is 0 Å². The summed E-state index contributed by atoms with van der Waals surface area (Å²) in [6.07, 6.45) is -1.56. The number of hydrogen-bond donors (Lipinski definition) is 1. The second-order valence-corrected chi connectivity index (χ2v) is 5.29. The van der Waals surface area contributed by atoms with E-state index in [1.165, 1.54) is 6.07 Å². The van der Waals surface area contributed by atoms with Crippen LogP contribution in [0.5, 0.6) is 0 Å². The van der Waals surface area contributed by atoms with E-state index in [-0.39, 0.29) is 17.5 Å². The highest BCUT2D eigenvalue weighted by atomic mass is 19.4. The van der Waals surface area contributed by atoms with Gasteiger partial charge >= 0.3 is 6.18 Å². The van der Waals surface area contributed by atoms with Crippen molar-refractivity contribution in [3.8, 4) is 0 Å². The molecule has 0 atom stereocenters. The van der Waals surface area contributed by atoms with Crippen LogP contribution in [0, 0.1) is 0 Å². The molecule has 0 heterocycles. The lowest BCUT2D eigenvalue weighted by Crippen LogP contribution is -2.41. The molecule has 1 aromatic rings. The molecule has 1 aliphatic carbocycles. The van der Waals surface area contributed by atoms with Crippen molar-refractivity contribution >= 4 is 11.6 Å². The third kappa shape index (κ3) is 3.31. The zero-order valence-electron chi connectivity index (χ0n) is 12.1. The van der Waals surface area contributed by atoms with Crippen molar-refractivity contribution in [3.63, 3.8) is 0 Å². The smallest absolute Gasteiger partial charge is 0.385 e. The molecule has 0 aliphatic heterocycles.